The molecule has 1 N–H and O–H groups in total. The largest absolute Gasteiger partial charge is 0.368 e. The molecule has 0 radical (unpaired) electrons. The second-order valence-corrected chi connectivity index (χ2v) is 6.44. The van der Waals surface area contributed by atoms with Gasteiger partial charge in [-0.3, -0.25) is 9.67 Å². The van der Waals surface area contributed by atoms with Gasteiger partial charge in [-0.05, 0) is 37.1 Å². The Kier molecular flexibility index (Phi) is 7.74. The molecule has 3 rings (SSSR count). The van der Waals surface area contributed by atoms with Crippen molar-refractivity contribution >= 4 is 35.6 Å². The summed E-state index contributed by atoms with van der Waals surface area (Å²) < 4.78 is 1.93. The molecule has 142 valence electrons. The van der Waals surface area contributed by atoms with Gasteiger partial charge in [0.2, 0.25) is 0 Å². The predicted molar refractivity (Wildman–Crippen MR) is 119 cm³/mol. The molecule has 1 aromatic heterocycles. The Balaban J connectivity index is 0.00000243. The fourth-order valence-corrected chi connectivity index (χ4v) is 3.28. The molecule has 1 aliphatic rings. The third-order valence-corrected chi connectivity index (χ3v) is 4.89. The van der Waals surface area contributed by atoms with E-state index in [0.717, 1.165) is 45.2 Å². The lowest BCUT2D eigenvalue weighted by atomic mass is 10.1. The maximum Gasteiger partial charge on any atom is 0.193 e. The van der Waals surface area contributed by atoms with E-state index >= 15 is 0 Å². The van der Waals surface area contributed by atoms with E-state index in [9.17, 15) is 0 Å². The van der Waals surface area contributed by atoms with Crippen LogP contribution in [-0.2, 0) is 6.54 Å². The number of benzene rings is 1. The molecule has 0 amide bonds. The lowest BCUT2D eigenvalue weighted by molar-refractivity contribution is 0.371. The van der Waals surface area contributed by atoms with Crippen LogP contribution in [0, 0.1) is 13.8 Å². The number of anilines is 1. The van der Waals surface area contributed by atoms with E-state index in [1.54, 1.807) is 6.20 Å². The van der Waals surface area contributed by atoms with E-state index in [0.29, 0.717) is 0 Å². The van der Waals surface area contributed by atoms with E-state index in [-0.39, 0.29) is 24.0 Å². The van der Waals surface area contributed by atoms with Gasteiger partial charge in [0.05, 0.1) is 6.54 Å². The molecule has 2 aromatic rings. The summed E-state index contributed by atoms with van der Waals surface area (Å²) in [5.41, 5.74) is 4.11. The zero-order valence-corrected chi connectivity index (χ0v) is 18.2. The van der Waals surface area contributed by atoms with Gasteiger partial charge in [-0.15, -0.1) is 24.0 Å². The van der Waals surface area contributed by atoms with Gasteiger partial charge in [-0.2, -0.15) is 5.10 Å². The first-order valence-corrected chi connectivity index (χ1v) is 8.93. The maximum atomic E-state index is 4.44. The lowest BCUT2D eigenvalue weighted by Crippen LogP contribution is -2.53. The SMILES string of the molecule is CN=C(NCCn1cccn1)N1CCN(c2cccc(C)c2C)CC1.I. The maximum absolute atomic E-state index is 4.44. The van der Waals surface area contributed by atoms with E-state index in [1.807, 2.05) is 24.0 Å². The van der Waals surface area contributed by atoms with Gasteiger partial charge in [0.1, 0.15) is 0 Å². The second kappa shape index (κ2) is 9.80. The van der Waals surface area contributed by atoms with Crippen LogP contribution in [0.1, 0.15) is 11.1 Å². The molecule has 0 atom stereocenters. The summed E-state index contributed by atoms with van der Waals surface area (Å²) in [5, 5.41) is 7.68. The summed E-state index contributed by atoms with van der Waals surface area (Å²) in [7, 11) is 1.85. The first-order chi connectivity index (χ1) is 12.2. The molecule has 6 nitrogen and oxygen atoms in total. The number of hydrogen-bond donors (Lipinski definition) is 1. The van der Waals surface area contributed by atoms with Crippen molar-refractivity contribution in [3.8, 4) is 0 Å². The number of hydrogen-bond acceptors (Lipinski definition) is 3. The van der Waals surface area contributed by atoms with E-state index < -0.39 is 0 Å². The van der Waals surface area contributed by atoms with Crippen molar-refractivity contribution in [1.29, 1.82) is 0 Å². The number of nitrogens with zero attached hydrogens (tertiary/aromatic N) is 5. The molecule has 7 heteroatoms. The number of aryl methyl sites for hydroxylation is 1. The number of guanidine groups is 1. The minimum absolute atomic E-state index is 0. The number of aliphatic imine (C=N–C) groups is 1. The van der Waals surface area contributed by atoms with Crippen LogP contribution in [0.25, 0.3) is 0 Å². The molecular weight excluding hydrogens is 439 g/mol. The monoisotopic (exact) mass is 468 g/mol. The molecule has 1 aliphatic heterocycles. The van der Waals surface area contributed by atoms with Gasteiger partial charge in [-0.1, -0.05) is 12.1 Å². The molecule has 2 heterocycles. The minimum atomic E-state index is 0. The van der Waals surface area contributed by atoms with Crippen molar-refractivity contribution in [2.24, 2.45) is 4.99 Å². The molecule has 0 spiro atoms. The first-order valence-electron chi connectivity index (χ1n) is 8.93. The van der Waals surface area contributed by atoms with Gasteiger partial charge in [-0.25, -0.2) is 0 Å². The Morgan fingerprint density at radius 2 is 1.92 bits per heavy atom. The minimum Gasteiger partial charge on any atom is -0.368 e. The van der Waals surface area contributed by atoms with Crippen LogP contribution in [0.2, 0.25) is 0 Å². The van der Waals surface area contributed by atoms with Crippen molar-refractivity contribution in [3.05, 3.63) is 47.8 Å². The zero-order chi connectivity index (χ0) is 17.6. The number of nitrogens with one attached hydrogen (secondary N) is 1. The van der Waals surface area contributed by atoms with Crippen LogP contribution in [0.3, 0.4) is 0 Å². The third-order valence-electron chi connectivity index (χ3n) is 4.89. The normalized spacial score (nSPS) is 15.0. The predicted octanol–water partition coefficient (Wildman–Crippen LogP) is 2.52. The lowest BCUT2D eigenvalue weighted by Gasteiger charge is -2.38. The summed E-state index contributed by atoms with van der Waals surface area (Å²) >= 11 is 0. The van der Waals surface area contributed by atoms with E-state index in [1.165, 1.54) is 16.8 Å². The van der Waals surface area contributed by atoms with Gasteiger partial charge < -0.3 is 15.1 Å². The third kappa shape index (κ3) is 4.90. The fraction of sp³-hybridized carbons (Fsp3) is 0.474. The fourth-order valence-electron chi connectivity index (χ4n) is 3.28. The Labute approximate surface area is 173 Å². The van der Waals surface area contributed by atoms with Gasteiger partial charge in [0, 0.05) is 57.9 Å². The highest BCUT2D eigenvalue weighted by atomic mass is 127. The molecule has 1 fully saturated rings. The summed E-state index contributed by atoms with van der Waals surface area (Å²) in [4.78, 5) is 9.26. The van der Waals surface area contributed by atoms with E-state index in [4.69, 9.17) is 0 Å². The molecular formula is C19H29IN6. The summed E-state index contributed by atoms with van der Waals surface area (Å²) in [6, 6.07) is 8.51. The standard InChI is InChI=1S/C19H28N6.HI/c1-16-6-4-7-18(17(16)2)23-12-14-24(15-13-23)19(20-3)21-9-11-25-10-5-8-22-25;/h4-8,10H,9,11-15H2,1-3H3,(H,20,21);1H. The highest BCUT2D eigenvalue weighted by molar-refractivity contribution is 14.0. The van der Waals surface area contributed by atoms with E-state index in [2.05, 4.69) is 57.3 Å². The van der Waals surface area contributed by atoms with Crippen LogP contribution in [-0.4, -0.2) is 60.4 Å². The Bertz CT molecular complexity index is 705. The molecule has 0 aliphatic carbocycles. The molecule has 0 unspecified atom stereocenters. The molecule has 1 aromatic carbocycles. The van der Waals surface area contributed by atoms with Crippen LogP contribution < -0.4 is 10.2 Å². The molecule has 0 saturated carbocycles. The van der Waals surface area contributed by atoms with Crippen molar-refractivity contribution in [2.75, 3.05) is 44.7 Å². The highest BCUT2D eigenvalue weighted by Gasteiger charge is 2.20. The smallest absolute Gasteiger partial charge is 0.193 e. The topological polar surface area (TPSA) is 48.7 Å². The van der Waals surface area contributed by atoms with Crippen LogP contribution >= 0.6 is 24.0 Å². The quantitative estimate of drug-likeness (QED) is 0.426. The Hall–Kier alpha value is -1.77. The number of aromatic nitrogens is 2. The average molecular weight is 468 g/mol. The Morgan fingerprint density at radius 3 is 2.58 bits per heavy atom. The van der Waals surface area contributed by atoms with Crippen LogP contribution in [0.15, 0.2) is 41.7 Å². The molecule has 26 heavy (non-hydrogen) atoms. The summed E-state index contributed by atoms with van der Waals surface area (Å²) in [6.45, 7) is 10.1. The second-order valence-electron chi connectivity index (χ2n) is 6.44. The highest BCUT2D eigenvalue weighted by Crippen LogP contribution is 2.23. The van der Waals surface area contributed by atoms with Crippen molar-refractivity contribution < 1.29 is 0 Å². The van der Waals surface area contributed by atoms with Crippen LogP contribution in [0.4, 0.5) is 5.69 Å². The van der Waals surface area contributed by atoms with Crippen LogP contribution in [0.5, 0.6) is 0 Å². The molecule has 0 bridgehead atoms. The number of halogens is 1. The first kappa shape index (κ1) is 20.5. The van der Waals surface area contributed by atoms with Crippen molar-refractivity contribution in [1.82, 2.24) is 20.0 Å². The summed E-state index contributed by atoms with van der Waals surface area (Å²) in [5.74, 6) is 0.979. The van der Waals surface area contributed by atoms with Gasteiger partial charge >= 0.3 is 0 Å². The van der Waals surface area contributed by atoms with Crippen molar-refractivity contribution in [3.63, 3.8) is 0 Å². The summed E-state index contributed by atoms with van der Waals surface area (Å²) in [6.07, 6.45) is 3.79. The van der Waals surface area contributed by atoms with Crippen molar-refractivity contribution in [2.45, 2.75) is 20.4 Å². The average Bonchev–Trinajstić information content (AvgIpc) is 3.15. The Morgan fingerprint density at radius 1 is 1.15 bits per heavy atom. The molecule has 1 saturated heterocycles. The van der Waals surface area contributed by atoms with Gasteiger partial charge in [0.15, 0.2) is 5.96 Å². The zero-order valence-electron chi connectivity index (χ0n) is 15.9. The number of rotatable bonds is 4. The number of piperazine rings is 1. The van der Waals surface area contributed by atoms with Gasteiger partial charge in [0.25, 0.3) is 0 Å².